The molecule has 23 heavy (non-hydrogen) atoms. The van der Waals surface area contributed by atoms with Gasteiger partial charge < -0.3 is 9.69 Å². The number of carbonyl (C=O) groups excluding carboxylic acids is 2. The summed E-state index contributed by atoms with van der Waals surface area (Å²) in [6.45, 7) is 9.68. The summed E-state index contributed by atoms with van der Waals surface area (Å²) in [5, 5.41) is 9.62. The number of hydrogen-bond donors (Lipinski definition) is 0. The van der Waals surface area contributed by atoms with E-state index in [9.17, 15) is 14.9 Å². The van der Waals surface area contributed by atoms with Crippen molar-refractivity contribution in [1.82, 2.24) is 4.90 Å². The molecule has 2 fully saturated rings. The first-order valence-electron chi connectivity index (χ1n) is 8.36. The van der Waals surface area contributed by atoms with Crippen molar-refractivity contribution in [3.05, 3.63) is 22.4 Å². The Kier molecular flexibility index (Phi) is 5.09. The fourth-order valence-electron chi connectivity index (χ4n) is 3.65. The molecule has 0 aromatic rings. The first kappa shape index (κ1) is 17.5. The molecule has 0 bridgehead atoms. The Morgan fingerprint density at radius 3 is 2.43 bits per heavy atom. The molecule has 124 valence electrons. The molecule has 0 spiro atoms. The topological polar surface area (TPSA) is 61.2 Å². The van der Waals surface area contributed by atoms with E-state index >= 15 is 0 Å². The van der Waals surface area contributed by atoms with Gasteiger partial charge in [-0.3, -0.25) is 4.79 Å². The maximum Gasteiger partial charge on any atom is 0.159 e. The number of rotatable bonds is 3. The molecule has 0 aromatic carbocycles. The van der Waals surface area contributed by atoms with Crippen LogP contribution in [0.5, 0.6) is 0 Å². The summed E-state index contributed by atoms with van der Waals surface area (Å²) in [7, 11) is 0. The van der Waals surface area contributed by atoms with E-state index in [0.29, 0.717) is 24.0 Å². The first-order chi connectivity index (χ1) is 10.8. The first-order valence-corrected chi connectivity index (χ1v) is 8.36. The normalized spacial score (nSPS) is 27.3. The summed E-state index contributed by atoms with van der Waals surface area (Å²) in [4.78, 5) is 26.2. The molecule has 1 unspecified atom stereocenters. The van der Waals surface area contributed by atoms with Gasteiger partial charge in [-0.25, -0.2) is 0 Å². The number of hydrogen-bond acceptors (Lipinski definition) is 4. The highest BCUT2D eigenvalue weighted by Crippen LogP contribution is 2.42. The van der Waals surface area contributed by atoms with E-state index in [1.54, 1.807) is 0 Å². The highest BCUT2D eigenvalue weighted by molar-refractivity contribution is 5.99. The second-order valence-corrected chi connectivity index (χ2v) is 7.41. The largest absolute Gasteiger partial charge is 0.374 e. The number of ketones is 1. The smallest absolute Gasteiger partial charge is 0.159 e. The van der Waals surface area contributed by atoms with E-state index in [1.807, 2.05) is 27.7 Å². The molecule has 1 aliphatic heterocycles. The quantitative estimate of drug-likeness (QED) is 0.455. The Hall–Kier alpha value is -1.89. The standard InChI is InChI=1S/C19H26N2O2/c1-13(17(11-20)14(2)21-7-5-6-8-21)16-9-15(12-22)19(3,4)10-18(16)23/h12,15H,5-10H2,1-4H3/b16-13-,17-14+. The van der Waals surface area contributed by atoms with Crippen LogP contribution in [0.15, 0.2) is 22.4 Å². The lowest BCUT2D eigenvalue weighted by Crippen LogP contribution is -2.35. The van der Waals surface area contributed by atoms with E-state index in [2.05, 4.69) is 11.0 Å². The van der Waals surface area contributed by atoms with Gasteiger partial charge in [0.1, 0.15) is 12.4 Å². The molecule has 2 aliphatic rings. The van der Waals surface area contributed by atoms with Crippen LogP contribution in [0.25, 0.3) is 0 Å². The number of aldehydes is 1. The van der Waals surface area contributed by atoms with Gasteiger partial charge in [0.05, 0.1) is 5.57 Å². The lowest BCUT2D eigenvalue weighted by molar-refractivity contribution is -0.123. The number of carbonyl (C=O) groups is 2. The Bertz CT molecular complexity index is 614. The summed E-state index contributed by atoms with van der Waals surface area (Å²) in [6.07, 6.45) is 4.06. The van der Waals surface area contributed by atoms with E-state index in [0.717, 1.165) is 43.5 Å². The van der Waals surface area contributed by atoms with E-state index in [1.165, 1.54) is 0 Å². The number of Topliss-reactive ketones (excluding diaryl/α,β-unsaturated/α-hetero) is 1. The Balaban J connectivity index is 2.42. The third-order valence-electron chi connectivity index (χ3n) is 5.43. The van der Waals surface area contributed by atoms with Gasteiger partial charge in [-0.05, 0) is 44.1 Å². The van der Waals surface area contributed by atoms with Crippen molar-refractivity contribution in [1.29, 1.82) is 5.26 Å². The molecule has 2 rings (SSSR count). The van der Waals surface area contributed by atoms with Crippen LogP contribution in [0.3, 0.4) is 0 Å². The molecule has 4 heteroatoms. The molecular weight excluding hydrogens is 288 g/mol. The number of allylic oxidation sites excluding steroid dienone is 4. The predicted octanol–water partition coefficient (Wildman–Crippen LogP) is 3.40. The summed E-state index contributed by atoms with van der Waals surface area (Å²) >= 11 is 0. The second-order valence-electron chi connectivity index (χ2n) is 7.41. The van der Waals surface area contributed by atoms with Gasteiger partial charge in [0.25, 0.3) is 0 Å². The Morgan fingerprint density at radius 1 is 1.30 bits per heavy atom. The van der Waals surface area contributed by atoms with Crippen molar-refractivity contribution in [3.8, 4) is 6.07 Å². The fourth-order valence-corrected chi connectivity index (χ4v) is 3.65. The lowest BCUT2D eigenvalue weighted by atomic mass is 9.66. The van der Waals surface area contributed by atoms with Crippen molar-refractivity contribution < 1.29 is 9.59 Å². The molecule has 4 nitrogen and oxygen atoms in total. The summed E-state index contributed by atoms with van der Waals surface area (Å²) in [6, 6.07) is 2.29. The van der Waals surface area contributed by atoms with Crippen LogP contribution >= 0.6 is 0 Å². The maximum absolute atomic E-state index is 12.6. The molecule has 0 radical (unpaired) electrons. The summed E-state index contributed by atoms with van der Waals surface area (Å²) < 4.78 is 0. The zero-order valence-electron chi connectivity index (χ0n) is 14.6. The molecule has 1 atom stereocenters. The number of nitrogens with zero attached hydrogens (tertiary/aromatic N) is 2. The maximum atomic E-state index is 12.6. The van der Waals surface area contributed by atoms with Crippen LogP contribution in [-0.2, 0) is 9.59 Å². The van der Waals surface area contributed by atoms with Crippen LogP contribution in [0.4, 0.5) is 0 Å². The van der Waals surface area contributed by atoms with Crippen LogP contribution in [0, 0.1) is 22.7 Å². The molecule has 1 aliphatic carbocycles. The van der Waals surface area contributed by atoms with Gasteiger partial charge in [0.2, 0.25) is 0 Å². The zero-order valence-corrected chi connectivity index (χ0v) is 14.6. The summed E-state index contributed by atoms with van der Waals surface area (Å²) in [5.74, 6) is -0.0928. The fraction of sp³-hybridized carbons (Fsp3) is 0.632. The van der Waals surface area contributed by atoms with Crippen molar-refractivity contribution >= 4 is 12.1 Å². The van der Waals surface area contributed by atoms with Crippen molar-refractivity contribution in [2.24, 2.45) is 11.3 Å². The molecule has 0 amide bonds. The average Bonchev–Trinajstić information content (AvgIpc) is 3.01. The second kappa shape index (κ2) is 6.70. The molecule has 1 saturated heterocycles. The average molecular weight is 314 g/mol. The van der Waals surface area contributed by atoms with Gasteiger partial charge in [-0.2, -0.15) is 5.26 Å². The van der Waals surface area contributed by atoms with Crippen molar-refractivity contribution in [3.63, 3.8) is 0 Å². The van der Waals surface area contributed by atoms with Gasteiger partial charge in [0, 0.05) is 36.7 Å². The van der Waals surface area contributed by atoms with E-state index in [4.69, 9.17) is 0 Å². The molecule has 1 saturated carbocycles. The number of nitriles is 1. The minimum absolute atomic E-state index is 0.0765. The van der Waals surface area contributed by atoms with Crippen molar-refractivity contribution in [2.45, 2.75) is 53.4 Å². The number of likely N-dealkylation sites (tertiary alicyclic amines) is 1. The highest BCUT2D eigenvalue weighted by Gasteiger charge is 2.39. The van der Waals surface area contributed by atoms with Crippen LogP contribution in [0.2, 0.25) is 0 Å². The van der Waals surface area contributed by atoms with Gasteiger partial charge in [0.15, 0.2) is 5.78 Å². The van der Waals surface area contributed by atoms with Crippen LogP contribution in [-0.4, -0.2) is 30.1 Å². The SMILES string of the molecule is CC(=C1\CC(C=O)C(C)(C)CC1=O)/C(C#N)=C(\C)N1CCCC1. The van der Waals surface area contributed by atoms with Gasteiger partial charge in [-0.15, -0.1) is 0 Å². The predicted molar refractivity (Wildman–Crippen MR) is 89.4 cm³/mol. The Labute approximate surface area is 138 Å². The van der Waals surface area contributed by atoms with Gasteiger partial charge >= 0.3 is 0 Å². The Morgan fingerprint density at radius 2 is 1.91 bits per heavy atom. The van der Waals surface area contributed by atoms with Crippen molar-refractivity contribution in [2.75, 3.05) is 13.1 Å². The third kappa shape index (κ3) is 3.39. The highest BCUT2D eigenvalue weighted by atomic mass is 16.1. The third-order valence-corrected chi connectivity index (χ3v) is 5.43. The molecular formula is C19H26N2O2. The van der Waals surface area contributed by atoms with Gasteiger partial charge in [-0.1, -0.05) is 13.8 Å². The lowest BCUT2D eigenvalue weighted by Gasteiger charge is -2.36. The molecule has 0 N–H and O–H groups in total. The summed E-state index contributed by atoms with van der Waals surface area (Å²) in [5.41, 5.74) is 2.67. The molecule has 1 heterocycles. The monoisotopic (exact) mass is 314 g/mol. The molecule has 0 aromatic heterocycles. The minimum Gasteiger partial charge on any atom is -0.374 e. The van der Waals surface area contributed by atoms with E-state index in [-0.39, 0.29) is 17.1 Å². The van der Waals surface area contributed by atoms with E-state index < -0.39 is 0 Å². The van der Waals surface area contributed by atoms with Crippen LogP contribution in [0.1, 0.15) is 53.4 Å². The minimum atomic E-state index is -0.302. The van der Waals surface area contributed by atoms with Crippen LogP contribution < -0.4 is 0 Å². The zero-order chi connectivity index (χ0) is 17.2.